The summed E-state index contributed by atoms with van der Waals surface area (Å²) < 4.78 is 5.36. The average Bonchev–Trinajstić information content (AvgIpc) is 2.68. The van der Waals surface area contributed by atoms with Gasteiger partial charge in [-0.1, -0.05) is 30.3 Å². The number of nitrogens with one attached hydrogen (secondary N) is 1. The lowest BCUT2D eigenvalue weighted by Crippen LogP contribution is -3.18. The molecule has 1 atom stereocenters. The van der Waals surface area contributed by atoms with Crippen LogP contribution in [0.15, 0.2) is 48.5 Å². The fraction of sp³-hybridized carbons (Fsp3) is 0.429. The lowest BCUT2D eigenvalue weighted by atomic mass is 9.87. The Kier molecular flexibility index (Phi) is 4.44. The number of rotatable bonds is 3. The second-order valence-corrected chi connectivity index (χ2v) is 7.06. The van der Waals surface area contributed by atoms with Crippen molar-refractivity contribution in [1.82, 2.24) is 0 Å². The third-order valence-electron chi connectivity index (χ3n) is 5.75. The molecular weight excluding hydrogens is 296 g/mol. The van der Waals surface area contributed by atoms with E-state index in [1.165, 1.54) is 38.0 Å². The predicted octanol–water partition coefficient (Wildman–Crippen LogP) is 1.96. The van der Waals surface area contributed by atoms with Gasteiger partial charge in [0.1, 0.15) is 5.75 Å². The molecule has 1 fully saturated rings. The van der Waals surface area contributed by atoms with Gasteiger partial charge in [-0.2, -0.15) is 0 Å². The molecule has 0 spiro atoms. The first-order valence-electron chi connectivity index (χ1n) is 9.14. The third kappa shape index (κ3) is 3.13. The molecule has 0 amide bonds. The lowest BCUT2D eigenvalue weighted by molar-refractivity contribution is -0.926. The van der Waals surface area contributed by atoms with Crippen molar-refractivity contribution in [2.24, 2.45) is 0 Å². The minimum atomic E-state index is 0.798. The monoisotopic (exact) mass is 323 g/mol. The molecule has 2 aromatic carbocycles. The van der Waals surface area contributed by atoms with Crippen LogP contribution in [0.4, 0.5) is 5.69 Å². The van der Waals surface area contributed by atoms with Gasteiger partial charge < -0.3 is 14.5 Å². The Bertz CT molecular complexity index is 692. The summed E-state index contributed by atoms with van der Waals surface area (Å²) in [5.74, 6) is 0.950. The largest absolute Gasteiger partial charge is 0.497 e. The van der Waals surface area contributed by atoms with E-state index < -0.39 is 0 Å². The molecule has 126 valence electrons. The van der Waals surface area contributed by atoms with Crippen LogP contribution in [-0.2, 0) is 12.8 Å². The number of benzene rings is 2. The van der Waals surface area contributed by atoms with Crippen LogP contribution in [0.3, 0.4) is 0 Å². The Balaban J connectivity index is 1.38. The van der Waals surface area contributed by atoms with E-state index in [1.54, 1.807) is 23.1 Å². The summed E-state index contributed by atoms with van der Waals surface area (Å²) in [7, 11) is 1.74. The Morgan fingerprint density at radius 1 is 1.00 bits per heavy atom. The number of piperazine rings is 1. The normalized spacial score (nSPS) is 21.4. The van der Waals surface area contributed by atoms with Crippen LogP contribution in [0.25, 0.3) is 0 Å². The van der Waals surface area contributed by atoms with Gasteiger partial charge in [-0.15, -0.1) is 0 Å². The van der Waals surface area contributed by atoms with Crippen LogP contribution in [0.2, 0.25) is 0 Å². The highest BCUT2D eigenvalue weighted by Crippen LogP contribution is 2.22. The molecule has 1 N–H and O–H groups in total. The van der Waals surface area contributed by atoms with Crippen LogP contribution in [0.5, 0.6) is 5.75 Å². The fourth-order valence-electron chi connectivity index (χ4n) is 4.31. The van der Waals surface area contributed by atoms with Crippen molar-refractivity contribution in [3.05, 3.63) is 59.7 Å². The van der Waals surface area contributed by atoms with Crippen LogP contribution in [-0.4, -0.2) is 39.3 Å². The van der Waals surface area contributed by atoms with Gasteiger partial charge in [0.2, 0.25) is 0 Å². The van der Waals surface area contributed by atoms with Gasteiger partial charge in [0.25, 0.3) is 0 Å². The summed E-state index contributed by atoms with van der Waals surface area (Å²) in [6.07, 6.45) is 3.85. The van der Waals surface area contributed by atoms with Gasteiger partial charge in [-0.25, -0.2) is 0 Å². The highest BCUT2D eigenvalue weighted by atomic mass is 16.5. The van der Waals surface area contributed by atoms with E-state index in [9.17, 15) is 0 Å². The number of quaternary nitrogens is 1. The van der Waals surface area contributed by atoms with Crippen molar-refractivity contribution in [1.29, 1.82) is 0 Å². The first kappa shape index (κ1) is 15.5. The van der Waals surface area contributed by atoms with Crippen LogP contribution < -0.4 is 14.5 Å². The van der Waals surface area contributed by atoms with Gasteiger partial charge in [-0.3, -0.25) is 0 Å². The van der Waals surface area contributed by atoms with Crippen molar-refractivity contribution >= 4 is 5.69 Å². The second-order valence-electron chi connectivity index (χ2n) is 7.06. The number of aryl methyl sites for hydroxylation is 1. The summed E-state index contributed by atoms with van der Waals surface area (Å²) in [4.78, 5) is 4.30. The Hall–Kier alpha value is -2.00. The van der Waals surface area contributed by atoms with E-state index in [-0.39, 0.29) is 0 Å². The molecule has 0 radical (unpaired) electrons. The van der Waals surface area contributed by atoms with Crippen LogP contribution in [0.1, 0.15) is 17.5 Å². The topological polar surface area (TPSA) is 16.9 Å². The molecule has 2 aliphatic rings. The van der Waals surface area contributed by atoms with E-state index in [0.29, 0.717) is 0 Å². The van der Waals surface area contributed by atoms with E-state index in [2.05, 4.69) is 47.4 Å². The molecule has 3 nitrogen and oxygen atoms in total. The molecular formula is C21H27N2O+. The first-order valence-corrected chi connectivity index (χ1v) is 9.14. The van der Waals surface area contributed by atoms with E-state index in [0.717, 1.165) is 24.9 Å². The fourth-order valence-corrected chi connectivity index (χ4v) is 4.31. The van der Waals surface area contributed by atoms with Gasteiger partial charge in [0, 0.05) is 24.6 Å². The molecule has 3 heteroatoms. The van der Waals surface area contributed by atoms with Crippen molar-refractivity contribution in [3.63, 3.8) is 0 Å². The molecule has 1 heterocycles. The maximum absolute atomic E-state index is 5.36. The summed E-state index contributed by atoms with van der Waals surface area (Å²) in [5.41, 5.74) is 4.45. The van der Waals surface area contributed by atoms with E-state index >= 15 is 0 Å². The maximum atomic E-state index is 5.36. The number of methoxy groups -OCH3 is 1. The average molecular weight is 323 g/mol. The zero-order valence-electron chi connectivity index (χ0n) is 14.5. The molecule has 2 aromatic rings. The summed E-state index contributed by atoms with van der Waals surface area (Å²) in [6.45, 7) is 4.76. The van der Waals surface area contributed by atoms with Gasteiger partial charge in [0.05, 0.1) is 39.3 Å². The Morgan fingerprint density at radius 2 is 1.79 bits per heavy atom. The molecule has 24 heavy (non-hydrogen) atoms. The SMILES string of the molecule is COc1cccc(N2CC[NH+]([C@@H]3CCc4ccccc4C3)CC2)c1. The molecule has 0 aromatic heterocycles. The Labute approximate surface area is 144 Å². The lowest BCUT2D eigenvalue weighted by Gasteiger charge is -2.39. The molecule has 0 unspecified atom stereocenters. The number of ether oxygens (including phenoxy) is 1. The van der Waals surface area contributed by atoms with Crippen molar-refractivity contribution < 1.29 is 9.64 Å². The summed E-state index contributed by atoms with van der Waals surface area (Å²) >= 11 is 0. The van der Waals surface area contributed by atoms with Gasteiger partial charge >= 0.3 is 0 Å². The minimum Gasteiger partial charge on any atom is -0.497 e. The molecule has 0 bridgehead atoms. The van der Waals surface area contributed by atoms with Crippen LogP contribution in [0, 0.1) is 0 Å². The maximum Gasteiger partial charge on any atom is 0.120 e. The highest BCUT2D eigenvalue weighted by molar-refractivity contribution is 5.50. The molecule has 1 aliphatic heterocycles. The molecule has 0 saturated carbocycles. The molecule has 1 aliphatic carbocycles. The van der Waals surface area contributed by atoms with Crippen molar-refractivity contribution in [2.45, 2.75) is 25.3 Å². The minimum absolute atomic E-state index is 0.798. The number of anilines is 1. The molecule has 1 saturated heterocycles. The van der Waals surface area contributed by atoms with E-state index in [4.69, 9.17) is 4.74 Å². The standard InChI is InChI=1S/C21H26N2O/c1-24-21-8-4-7-19(16-21)22-11-13-23(14-12-22)20-10-9-17-5-2-3-6-18(17)15-20/h2-8,16,20H,9-15H2,1H3/p+1/t20-/m1/s1. The van der Waals surface area contributed by atoms with Gasteiger partial charge in [-0.05, 0) is 29.7 Å². The second kappa shape index (κ2) is 6.86. The third-order valence-corrected chi connectivity index (χ3v) is 5.75. The number of hydrogen-bond acceptors (Lipinski definition) is 2. The number of hydrogen-bond donors (Lipinski definition) is 1. The predicted molar refractivity (Wildman–Crippen MR) is 98.2 cm³/mol. The number of fused-ring (bicyclic) bond motifs is 1. The molecule has 4 rings (SSSR count). The smallest absolute Gasteiger partial charge is 0.120 e. The number of nitrogens with zero attached hydrogens (tertiary/aromatic N) is 1. The first-order chi connectivity index (χ1) is 11.8. The van der Waals surface area contributed by atoms with E-state index in [1.807, 2.05) is 6.07 Å². The van der Waals surface area contributed by atoms with Crippen LogP contribution >= 0.6 is 0 Å². The zero-order chi connectivity index (χ0) is 16.4. The quantitative estimate of drug-likeness (QED) is 0.930. The zero-order valence-corrected chi connectivity index (χ0v) is 14.5. The summed E-state index contributed by atoms with van der Waals surface area (Å²) in [6, 6.07) is 18.3. The highest BCUT2D eigenvalue weighted by Gasteiger charge is 2.30. The van der Waals surface area contributed by atoms with Gasteiger partial charge in [0.15, 0.2) is 0 Å². The Morgan fingerprint density at radius 3 is 2.58 bits per heavy atom. The van der Waals surface area contributed by atoms with Crippen molar-refractivity contribution in [2.75, 3.05) is 38.2 Å². The van der Waals surface area contributed by atoms with Crippen molar-refractivity contribution in [3.8, 4) is 5.75 Å². The summed E-state index contributed by atoms with van der Waals surface area (Å²) in [5, 5.41) is 0.